The van der Waals surface area contributed by atoms with Gasteiger partial charge >= 0.3 is 5.97 Å². The maximum Gasteiger partial charge on any atom is 0.358 e. The number of benzene rings is 1. The quantitative estimate of drug-likeness (QED) is 0.901. The highest BCUT2D eigenvalue weighted by Gasteiger charge is 2.30. The van der Waals surface area contributed by atoms with Crippen LogP contribution in [-0.2, 0) is 17.9 Å². The number of hydrogen-bond donors (Lipinski definition) is 1. The second-order valence-corrected chi connectivity index (χ2v) is 6.39. The molecule has 1 N–H and O–H groups in total. The first-order valence-corrected chi connectivity index (χ1v) is 7.89. The molecular formula is C17H20N4O3. The molecule has 0 spiro atoms. The minimum Gasteiger partial charge on any atom is -0.476 e. The highest BCUT2D eigenvalue weighted by atomic mass is 16.4. The molecule has 1 unspecified atom stereocenters. The highest BCUT2D eigenvalue weighted by molar-refractivity contribution is 5.84. The van der Waals surface area contributed by atoms with Crippen molar-refractivity contribution in [3.05, 3.63) is 46.8 Å². The molecule has 2 heterocycles. The van der Waals surface area contributed by atoms with Crippen molar-refractivity contribution in [1.29, 1.82) is 0 Å². The highest BCUT2D eigenvalue weighted by Crippen LogP contribution is 2.22. The molecule has 1 aromatic carbocycles. The Hall–Kier alpha value is -2.70. The van der Waals surface area contributed by atoms with Gasteiger partial charge in [-0.3, -0.25) is 9.48 Å². The van der Waals surface area contributed by atoms with Gasteiger partial charge in [-0.25, -0.2) is 4.79 Å². The lowest BCUT2D eigenvalue weighted by atomic mass is 10.1. The predicted octanol–water partition coefficient (Wildman–Crippen LogP) is 1.64. The Bertz CT molecular complexity index is 784. The maximum absolute atomic E-state index is 12.2. The molecule has 1 aliphatic rings. The van der Waals surface area contributed by atoms with Gasteiger partial charge in [0.05, 0.1) is 6.20 Å². The average molecular weight is 328 g/mol. The number of aromatic carboxylic acids is 1. The molecule has 1 fully saturated rings. The molecule has 0 aliphatic carbocycles. The molecule has 1 aliphatic heterocycles. The Labute approximate surface area is 139 Å². The number of aromatic nitrogens is 3. The van der Waals surface area contributed by atoms with Crippen molar-refractivity contribution in [2.45, 2.75) is 33.4 Å². The normalized spacial score (nSPS) is 17.5. The molecular weight excluding hydrogens is 308 g/mol. The summed E-state index contributed by atoms with van der Waals surface area (Å²) in [6.07, 6.45) is 1.85. The van der Waals surface area contributed by atoms with Gasteiger partial charge in [-0.1, -0.05) is 23.4 Å². The van der Waals surface area contributed by atoms with Crippen molar-refractivity contribution in [1.82, 2.24) is 19.9 Å². The van der Waals surface area contributed by atoms with Gasteiger partial charge < -0.3 is 10.0 Å². The number of carbonyl (C=O) groups excluding carboxylic acids is 1. The lowest BCUT2D eigenvalue weighted by Gasteiger charge is -2.17. The van der Waals surface area contributed by atoms with E-state index in [1.807, 2.05) is 4.90 Å². The fraction of sp³-hybridized carbons (Fsp3) is 0.412. The van der Waals surface area contributed by atoms with Crippen LogP contribution in [0, 0.1) is 19.8 Å². The standard InChI is InChI=1S/C17H20N4O3/c1-11-3-4-13(5-12(11)2)7-20-8-14(6-16(20)22)9-21-10-15(17(23)24)18-19-21/h3-5,10,14H,6-9H2,1-2H3,(H,23,24). The van der Waals surface area contributed by atoms with E-state index in [0.717, 1.165) is 5.56 Å². The first-order chi connectivity index (χ1) is 11.4. The summed E-state index contributed by atoms with van der Waals surface area (Å²) >= 11 is 0. The summed E-state index contributed by atoms with van der Waals surface area (Å²) in [6.45, 7) is 5.88. The molecule has 0 radical (unpaired) electrons. The predicted molar refractivity (Wildman–Crippen MR) is 86.4 cm³/mol. The molecule has 1 atom stereocenters. The van der Waals surface area contributed by atoms with Gasteiger partial charge in [0, 0.05) is 32.0 Å². The van der Waals surface area contributed by atoms with Crippen LogP contribution in [0.4, 0.5) is 0 Å². The number of carbonyl (C=O) groups is 2. The molecule has 126 valence electrons. The Balaban J connectivity index is 1.62. The van der Waals surface area contributed by atoms with Crippen LogP contribution in [0.15, 0.2) is 24.4 Å². The van der Waals surface area contributed by atoms with Crippen LogP contribution in [0.3, 0.4) is 0 Å². The first-order valence-electron chi connectivity index (χ1n) is 7.89. The largest absolute Gasteiger partial charge is 0.476 e. The molecule has 24 heavy (non-hydrogen) atoms. The number of amides is 1. The minimum atomic E-state index is -1.10. The fourth-order valence-corrected chi connectivity index (χ4v) is 3.00. The van der Waals surface area contributed by atoms with Crippen molar-refractivity contribution in [2.75, 3.05) is 6.54 Å². The summed E-state index contributed by atoms with van der Waals surface area (Å²) in [6, 6.07) is 6.25. The average Bonchev–Trinajstić information content (AvgIpc) is 3.11. The van der Waals surface area contributed by atoms with E-state index >= 15 is 0 Å². The van der Waals surface area contributed by atoms with Crippen LogP contribution in [0.5, 0.6) is 0 Å². The number of likely N-dealkylation sites (tertiary alicyclic amines) is 1. The van der Waals surface area contributed by atoms with Crippen molar-refractivity contribution in [3.8, 4) is 0 Å². The van der Waals surface area contributed by atoms with Crippen LogP contribution in [0.2, 0.25) is 0 Å². The summed E-state index contributed by atoms with van der Waals surface area (Å²) in [7, 11) is 0. The Morgan fingerprint density at radius 2 is 2.12 bits per heavy atom. The van der Waals surface area contributed by atoms with Crippen LogP contribution < -0.4 is 0 Å². The van der Waals surface area contributed by atoms with E-state index in [-0.39, 0.29) is 17.5 Å². The molecule has 7 heteroatoms. The number of hydrogen-bond acceptors (Lipinski definition) is 4. The second kappa shape index (κ2) is 6.43. The molecule has 3 rings (SSSR count). The monoisotopic (exact) mass is 328 g/mol. The van der Waals surface area contributed by atoms with Crippen LogP contribution in [-0.4, -0.2) is 43.4 Å². The Morgan fingerprint density at radius 3 is 2.79 bits per heavy atom. The third-order valence-corrected chi connectivity index (χ3v) is 4.44. The Morgan fingerprint density at radius 1 is 1.33 bits per heavy atom. The number of carboxylic acids is 1. The summed E-state index contributed by atoms with van der Waals surface area (Å²) < 4.78 is 1.50. The summed E-state index contributed by atoms with van der Waals surface area (Å²) in [5, 5.41) is 16.3. The van der Waals surface area contributed by atoms with Gasteiger partial charge in [0.1, 0.15) is 0 Å². The molecule has 1 aromatic heterocycles. The van der Waals surface area contributed by atoms with E-state index in [2.05, 4.69) is 42.4 Å². The molecule has 1 saturated heterocycles. The second-order valence-electron chi connectivity index (χ2n) is 6.39. The molecule has 0 bridgehead atoms. The number of carboxylic acid groups (broad SMARTS) is 1. The van der Waals surface area contributed by atoms with Gasteiger partial charge in [0.15, 0.2) is 5.69 Å². The summed E-state index contributed by atoms with van der Waals surface area (Å²) in [4.78, 5) is 24.9. The van der Waals surface area contributed by atoms with Crippen molar-refractivity contribution in [2.24, 2.45) is 5.92 Å². The van der Waals surface area contributed by atoms with E-state index in [1.54, 1.807) is 0 Å². The van der Waals surface area contributed by atoms with E-state index in [9.17, 15) is 9.59 Å². The SMILES string of the molecule is Cc1ccc(CN2CC(Cn3cc(C(=O)O)nn3)CC2=O)cc1C. The number of nitrogens with zero attached hydrogens (tertiary/aromatic N) is 4. The minimum absolute atomic E-state index is 0.0775. The van der Waals surface area contributed by atoms with Crippen molar-refractivity contribution in [3.63, 3.8) is 0 Å². The van der Waals surface area contributed by atoms with E-state index < -0.39 is 5.97 Å². The number of aryl methyl sites for hydroxylation is 2. The van der Waals surface area contributed by atoms with Gasteiger partial charge in [0.2, 0.25) is 5.91 Å². The van der Waals surface area contributed by atoms with Gasteiger partial charge in [-0.05, 0) is 30.5 Å². The molecule has 7 nitrogen and oxygen atoms in total. The van der Waals surface area contributed by atoms with Crippen molar-refractivity contribution >= 4 is 11.9 Å². The van der Waals surface area contributed by atoms with Crippen molar-refractivity contribution < 1.29 is 14.7 Å². The smallest absolute Gasteiger partial charge is 0.358 e. The van der Waals surface area contributed by atoms with Crippen LogP contribution in [0.1, 0.15) is 33.6 Å². The van der Waals surface area contributed by atoms with E-state index in [4.69, 9.17) is 5.11 Å². The van der Waals surface area contributed by atoms with E-state index in [0.29, 0.717) is 26.1 Å². The molecule has 0 saturated carbocycles. The van der Waals surface area contributed by atoms with E-state index in [1.165, 1.54) is 22.0 Å². The zero-order chi connectivity index (χ0) is 17.3. The lowest BCUT2D eigenvalue weighted by Crippen LogP contribution is -2.25. The zero-order valence-electron chi connectivity index (χ0n) is 13.8. The summed E-state index contributed by atoms with van der Waals surface area (Å²) in [5.41, 5.74) is 3.51. The topological polar surface area (TPSA) is 88.3 Å². The summed E-state index contributed by atoms with van der Waals surface area (Å²) in [5.74, 6) is -0.857. The first kappa shape index (κ1) is 16.2. The third-order valence-electron chi connectivity index (χ3n) is 4.44. The van der Waals surface area contributed by atoms with Gasteiger partial charge in [0.25, 0.3) is 0 Å². The van der Waals surface area contributed by atoms with Gasteiger partial charge in [-0.15, -0.1) is 5.10 Å². The molecule has 2 aromatic rings. The lowest BCUT2D eigenvalue weighted by molar-refractivity contribution is -0.128. The third kappa shape index (κ3) is 3.45. The Kier molecular flexibility index (Phi) is 4.33. The fourth-order valence-electron chi connectivity index (χ4n) is 3.00. The maximum atomic E-state index is 12.2. The number of rotatable bonds is 5. The van der Waals surface area contributed by atoms with Gasteiger partial charge in [-0.2, -0.15) is 0 Å². The molecule has 1 amide bonds. The zero-order valence-corrected chi connectivity index (χ0v) is 13.8. The van der Waals surface area contributed by atoms with Crippen LogP contribution >= 0.6 is 0 Å². The van der Waals surface area contributed by atoms with Crippen LogP contribution in [0.25, 0.3) is 0 Å².